The number of hydrazine groups is 1. The topological polar surface area (TPSA) is 47.3 Å². The Labute approximate surface area is 126 Å². The van der Waals surface area contributed by atoms with Crippen LogP contribution in [0.1, 0.15) is 39.5 Å². The molecule has 0 aliphatic heterocycles. The largest absolute Gasteiger partial charge is 0.489 e. The van der Waals surface area contributed by atoms with Crippen molar-refractivity contribution in [2.75, 3.05) is 0 Å². The Hall–Kier alpha value is -0.770. The molecular formula is C16H25ClN2O. The smallest absolute Gasteiger partial charge is 0.121 e. The highest BCUT2D eigenvalue weighted by Gasteiger charge is 2.30. The van der Waals surface area contributed by atoms with E-state index in [1.54, 1.807) is 0 Å². The molecule has 1 aromatic carbocycles. The zero-order chi connectivity index (χ0) is 14.5. The lowest BCUT2D eigenvalue weighted by Gasteiger charge is -2.36. The van der Waals surface area contributed by atoms with Crippen molar-refractivity contribution < 1.29 is 4.74 Å². The van der Waals surface area contributed by atoms with E-state index in [4.69, 9.17) is 22.2 Å². The third-order valence-electron chi connectivity index (χ3n) is 4.30. The summed E-state index contributed by atoms with van der Waals surface area (Å²) in [6, 6.07) is 7.70. The Bertz CT molecular complexity index is 427. The number of ether oxygens (including phenoxy) is 1. The second kappa shape index (κ2) is 7.30. The van der Waals surface area contributed by atoms with Crippen molar-refractivity contribution in [2.24, 2.45) is 17.7 Å². The number of hydrogen-bond donors (Lipinski definition) is 2. The minimum Gasteiger partial charge on any atom is -0.489 e. The van der Waals surface area contributed by atoms with Gasteiger partial charge in [-0.2, -0.15) is 0 Å². The van der Waals surface area contributed by atoms with Crippen LogP contribution in [0, 0.1) is 11.8 Å². The van der Waals surface area contributed by atoms with E-state index in [0.29, 0.717) is 10.9 Å². The average Bonchev–Trinajstić information content (AvgIpc) is 2.39. The summed E-state index contributed by atoms with van der Waals surface area (Å²) in [4.78, 5) is 0. The van der Waals surface area contributed by atoms with Gasteiger partial charge in [-0.1, -0.05) is 37.4 Å². The van der Waals surface area contributed by atoms with Gasteiger partial charge < -0.3 is 4.74 Å². The molecule has 1 saturated carbocycles. The SMILES string of the molecule is CC1CCCC(C(NN)C(C)Oc2cccc(Cl)c2)C1. The van der Waals surface area contributed by atoms with Gasteiger partial charge >= 0.3 is 0 Å². The summed E-state index contributed by atoms with van der Waals surface area (Å²) in [5.41, 5.74) is 2.97. The van der Waals surface area contributed by atoms with Gasteiger partial charge in [-0.15, -0.1) is 0 Å². The second-order valence-electron chi connectivity index (χ2n) is 6.00. The molecule has 4 atom stereocenters. The Balaban J connectivity index is 1.99. The third kappa shape index (κ3) is 4.11. The summed E-state index contributed by atoms with van der Waals surface area (Å²) in [6.45, 7) is 4.40. The normalized spacial score (nSPS) is 26.0. The fourth-order valence-corrected chi connectivity index (χ4v) is 3.47. The molecule has 2 rings (SSSR count). The van der Waals surface area contributed by atoms with Gasteiger partial charge in [0, 0.05) is 5.02 Å². The number of hydrogen-bond acceptors (Lipinski definition) is 3. The minimum absolute atomic E-state index is 0.0220. The van der Waals surface area contributed by atoms with Crippen LogP contribution in [0.3, 0.4) is 0 Å². The van der Waals surface area contributed by atoms with Crippen molar-refractivity contribution in [1.82, 2.24) is 5.43 Å². The lowest BCUT2D eigenvalue weighted by molar-refractivity contribution is 0.106. The molecule has 3 N–H and O–H groups in total. The van der Waals surface area contributed by atoms with Crippen molar-refractivity contribution in [1.29, 1.82) is 0 Å². The summed E-state index contributed by atoms with van der Waals surface area (Å²) in [6.07, 6.45) is 5.08. The highest BCUT2D eigenvalue weighted by Crippen LogP contribution is 2.32. The molecule has 4 unspecified atom stereocenters. The van der Waals surface area contributed by atoms with Gasteiger partial charge in [0.2, 0.25) is 0 Å². The predicted molar refractivity (Wildman–Crippen MR) is 83.8 cm³/mol. The molecule has 112 valence electrons. The van der Waals surface area contributed by atoms with Crippen LogP contribution < -0.4 is 16.0 Å². The maximum absolute atomic E-state index is 6.01. The van der Waals surface area contributed by atoms with Gasteiger partial charge in [-0.05, 0) is 49.8 Å². The van der Waals surface area contributed by atoms with Gasteiger partial charge in [0.15, 0.2) is 0 Å². The third-order valence-corrected chi connectivity index (χ3v) is 4.54. The Morgan fingerprint density at radius 3 is 2.85 bits per heavy atom. The van der Waals surface area contributed by atoms with Crippen molar-refractivity contribution in [3.8, 4) is 5.75 Å². The Morgan fingerprint density at radius 2 is 2.20 bits per heavy atom. The monoisotopic (exact) mass is 296 g/mol. The van der Waals surface area contributed by atoms with Crippen molar-refractivity contribution in [3.63, 3.8) is 0 Å². The molecule has 20 heavy (non-hydrogen) atoms. The van der Waals surface area contributed by atoms with Gasteiger partial charge in [0.05, 0.1) is 6.04 Å². The number of benzene rings is 1. The van der Waals surface area contributed by atoms with Crippen LogP contribution in [0.2, 0.25) is 5.02 Å². The zero-order valence-electron chi connectivity index (χ0n) is 12.3. The van der Waals surface area contributed by atoms with Crippen molar-refractivity contribution in [3.05, 3.63) is 29.3 Å². The molecule has 0 amide bonds. The Kier molecular flexibility index (Phi) is 5.70. The highest BCUT2D eigenvalue weighted by atomic mass is 35.5. The van der Waals surface area contributed by atoms with Crippen LogP contribution in [-0.2, 0) is 0 Å². The summed E-state index contributed by atoms with van der Waals surface area (Å²) < 4.78 is 6.01. The Morgan fingerprint density at radius 1 is 1.40 bits per heavy atom. The van der Waals surface area contributed by atoms with Crippen LogP contribution >= 0.6 is 11.6 Å². The number of nitrogens with two attached hydrogens (primary N) is 1. The summed E-state index contributed by atoms with van der Waals surface area (Å²) in [5.74, 6) is 7.94. The molecule has 1 aliphatic rings. The molecule has 0 heterocycles. The van der Waals surface area contributed by atoms with E-state index in [-0.39, 0.29) is 12.1 Å². The standard InChI is InChI=1S/C16H25ClN2O/c1-11-5-3-6-13(9-11)16(19-18)12(2)20-15-8-4-7-14(17)10-15/h4,7-8,10-13,16,19H,3,5-6,9,18H2,1-2H3. The van der Waals surface area contributed by atoms with E-state index >= 15 is 0 Å². The van der Waals surface area contributed by atoms with E-state index in [9.17, 15) is 0 Å². The minimum atomic E-state index is 0.0220. The van der Waals surface area contributed by atoms with E-state index in [1.165, 1.54) is 25.7 Å². The predicted octanol–water partition coefficient (Wildman–Crippen LogP) is 3.77. The zero-order valence-corrected chi connectivity index (χ0v) is 13.1. The summed E-state index contributed by atoms with van der Waals surface area (Å²) in [5, 5.41) is 0.693. The lowest BCUT2D eigenvalue weighted by Crippen LogP contribution is -2.50. The molecule has 0 spiro atoms. The highest BCUT2D eigenvalue weighted by molar-refractivity contribution is 6.30. The van der Waals surface area contributed by atoms with Gasteiger partial charge in [0.1, 0.15) is 11.9 Å². The lowest BCUT2D eigenvalue weighted by atomic mass is 9.77. The van der Waals surface area contributed by atoms with E-state index in [1.807, 2.05) is 24.3 Å². The average molecular weight is 297 g/mol. The fraction of sp³-hybridized carbons (Fsp3) is 0.625. The maximum atomic E-state index is 6.01. The van der Waals surface area contributed by atoms with E-state index < -0.39 is 0 Å². The molecular weight excluding hydrogens is 272 g/mol. The van der Waals surface area contributed by atoms with Gasteiger partial charge in [0.25, 0.3) is 0 Å². The molecule has 0 saturated heterocycles. The molecule has 1 aromatic rings. The number of rotatable bonds is 5. The first-order chi connectivity index (χ1) is 9.60. The first-order valence-electron chi connectivity index (χ1n) is 7.48. The van der Waals surface area contributed by atoms with Crippen LogP contribution in [0.15, 0.2) is 24.3 Å². The molecule has 1 fully saturated rings. The first-order valence-corrected chi connectivity index (χ1v) is 7.86. The molecule has 0 aromatic heterocycles. The van der Waals surface area contributed by atoms with Crippen molar-refractivity contribution >= 4 is 11.6 Å². The van der Waals surface area contributed by atoms with Gasteiger partial charge in [-0.3, -0.25) is 11.3 Å². The molecule has 3 nitrogen and oxygen atoms in total. The van der Waals surface area contributed by atoms with E-state index in [2.05, 4.69) is 19.3 Å². The van der Waals surface area contributed by atoms with Crippen LogP contribution in [0.25, 0.3) is 0 Å². The summed E-state index contributed by atoms with van der Waals surface area (Å²) in [7, 11) is 0. The van der Waals surface area contributed by atoms with Crippen molar-refractivity contribution in [2.45, 2.75) is 51.7 Å². The van der Waals surface area contributed by atoms with Gasteiger partial charge in [-0.25, -0.2) is 0 Å². The fourth-order valence-electron chi connectivity index (χ4n) is 3.29. The number of nitrogens with one attached hydrogen (secondary N) is 1. The molecule has 4 heteroatoms. The molecule has 0 radical (unpaired) electrons. The molecule has 1 aliphatic carbocycles. The molecule has 0 bridgehead atoms. The quantitative estimate of drug-likeness (QED) is 0.642. The van der Waals surface area contributed by atoms with Crippen LogP contribution in [0.4, 0.5) is 0 Å². The number of halogens is 1. The summed E-state index contributed by atoms with van der Waals surface area (Å²) >= 11 is 5.99. The van der Waals surface area contributed by atoms with E-state index in [0.717, 1.165) is 11.7 Å². The second-order valence-corrected chi connectivity index (χ2v) is 6.44. The van der Waals surface area contributed by atoms with Crippen LogP contribution in [0.5, 0.6) is 5.75 Å². The maximum Gasteiger partial charge on any atom is 0.121 e. The van der Waals surface area contributed by atoms with Crippen LogP contribution in [-0.4, -0.2) is 12.1 Å². The first kappa shape index (κ1) is 15.6.